The molecule has 2 rings (SSSR count). The molecule has 0 saturated heterocycles. The van der Waals surface area contributed by atoms with Gasteiger partial charge in [-0.05, 0) is 35.4 Å². The minimum atomic E-state index is -0.0833. The number of rotatable bonds is 2. The lowest BCUT2D eigenvalue weighted by Crippen LogP contribution is -1.90. The molecule has 2 aromatic carbocycles. The van der Waals surface area contributed by atoms with Crippen LogP contribution in [0.5, 0.6) is 0 Å². The lowest BCUT2D eigenvalue weighted by atomic mass is 10.00. The van der Waals surface area contributed by atoms with Gasteiger partial charge in [-0.25, -0.2) is 0 Å². The molecule has 0 amide bonds. The van der Waals surface area contributed by atoms with Crippen LogP contribution in [-0.4, -0.2) is 5.11 Å². The molecule has 4 heteroatoms. The number of aliphatic hydroxyl groups excluding tert-OH is 1. The Morgan fingerprint density at radius 1 is 0.941 bits per heavy atom. The number of hydrogen-bond acceptors (Lipinski definition) is 1. The smallest absolute Gasteiger partial charge is 0.0688 e. The number of benzene rings is 2. The average molecular weight is 288 g/mol. The first kappa shape index (κ1) is 12.7. The van der Waals surface area contributed by atoms with E-state index in [9.17, 15) is 5.11 Å². The molecule has 0 fully saturated rings. The molecule has 0 heterocycles. The average Bonchev–Trinajstić information content (AvgIpc) is 2.27. The molecule has 88 valence electrons. The Kier molecular flexibility index (Phi) is 3.95. The van der Waals surface area contributed by atoms with Gasteiger partial charge < -0.3 is 5.11 Å². The van der Waals surface area contributed by atoms with E-state index < -0.39 is 0 Å². The molecule has 1 nitrogen and oxygen atoms in total. The second-order valence-electron chi connectivity index (χ2n) is 3.59. The minimum absolute atomic E-state index is 0.0833. The van der Waals surface area contributed by atoms with Crippen LogP contribution in [0.2, 0.25) is 15.1 Å². The summed E-state index contributed by atoms with van der Waals surface area (Å²) in [7, 11) is 0. The van der Waals surface area contributed by atoms with Crippen LogP contribution in [-0.2, 0) is 6.61 Å². The lowest BCUT2D eigenvalue weighted by molar-refractivity contribution is 0.282. The van der Waals surface area contributed by atoms with Crippen molar-refractivity contribution in [3.05, 3.63) is 57.0 Å². The van der Waals surface area contributed by atoms with E-state index in [1.807, 2.05) is 6.07 Å². The van der Waals surface area contributed by atoms with Crippen LogP contribution in [0.4, 0.5) is 0 Å². The highest BCUT2D eigenvalue weighted by Crippen LogP contribution is 2.34. The highest BCUT2D eigenvalue weighted by atomic mass is 35.5. The van der Waals surface area contributed by atoms with Crippen molar-refractivity contribution in [3.8, 4) is 11.1 Å². The van der Waals surface area contributed by atoms with Crippen molar-refractivity contribution >= 4 is 34.8 Å². The van der Waals surface area contributed by atoms with Gasteiger partial charge in [0.2, 0.25) is 0 Å². The van der Waals surface area contributed by atoms with E-state index in [-0.39, 0.29) is 6.61 Å². The first-order valence-corrected chi connectivity index (χ1v) is 6.10. The largest absolute Gasteiger partial charge is 0.392 e. The molecule has 0 unspecified atom stereocenters. The summed E-state index contributed by atoms with van der Waals surface area (Å²) in [5.41, 5.74) is 2.31. The quantitative estimate of drug-likeness (QED) is 0.840. The number of aliphatic hydroxyl groups is 1. The van der Waals surface area contributed by atoms with Gasteiger partial charge in [-0.2, -0.15) is 0 Å². The van der Waals surface area contributed by atoms with Crippen LogP contribution in [0.3, 0.4) is 0 Å². The van der Waals surface area contributed by atoms with E-state index in [1.54, 1.807) is 30.3 Å². The second-order valence-corrected chi connectivity index (χ2v) is 4.87. The molecular weight excluding hydrogens is 279 g/mol. The van der Waals surface area contributed by atoms with Crippen molar-refractivity contribution in [2.24, 2.45) is 0 Å². The Bertz CT molecular complexity index is 532. The Hall–Kier alpha value is -0.730. The molecule has 0 spiro atoms. The predicted molar refractivity (Wildman–Crippen MR) is 72.8 cm³/mol. The van der Waals surface area contributed by atoms with Crippen LogP contribution < -0.4 is 0 Å². The monoisotopic (exact) mass is 286 g/mol. The third-order valence-corrected chi connectivity index (χ3v) is 3.17. The van der Waals surface area contributed by atoms with Gasteiger partial charge in [0.05, 0.1) is 6.61 Å². The second kappa shape index (κ2) is 5.28. The Labute approximate surface area is 115 Å². The highest BCUT2D eigenvalue weighted by Gasteiger charge is 2.10. The van der Waals surface area contributed by atoms with E-state index in [0.29, 0.717) is 15.1 Å². The standard InChI is InChI=1S/C13H9Cl3O/c14-10-4-9(5-11(15)6-10)13-8(7-17)2-1-3-12(13)16/h1-6,17H,7H2. The Morgan fingerprint density at radius 3 is 2.18 bits per heavy atom. The molecule has 0 aromatic heterocycles. The Balaban J connectivity index is 2.67. The van der Waals surface area contributed by atoms with Crippen LogP contribution in [0.15, 0.2) is 36.4 Å². The number of hydrogen-bond donors (Lipinski definition) is 1. The topological polar surface area (TPSA) is 20.2 Å². The van der Waals surface area contributed by atoms with Crippen molar-refractivity contribution in [1.29, 1.82) is 0 Å². The van der Waals surface area contributed by atoms with E-state index in [4.69, 9.17) is 34.8 Å². The molecule has 0 aliphatic carbocycles. The summed E-state index contributed by atoms with van der Waals surface area (Å²) in [4.78, 5) is 0. The summed E-state index contributed by atoms with van der Waals surface area (Å²) in [6, 6.07) is 10.6. The molecule has 0 aliphatic rings. The third kappa shape index (κ3) is 2.75. The first-order valence-electron chi connectivity index (χ1n) is 4.96. The normalized spacial score (nSPS) is 10.6. The fraction of sp³-hybridized carbons (Fsp3) is 0.0769. The van der Waals surface area contributed by atoms with Crippen LogP contribution >= 0.6 is 34.8 Å². The molecule has 0 bridgehead atoms. The van der Waals surface area contributed by atoms with Crippen LogP contribution in [0, 0.1) is 0 Å². The molecule has 0 aliphatic heterocycles. The van der Waals surface area contributed by atoms with Gasteiger partial charge in [0.25, 0.3) is 0 Å². The van der Waals surface area contributed by atoms with Crippen molar-refractivity contribution < 1.29 is 5.11 Å². The van der Waals surface area contributed by atoms with Crippen LogP contribution in [0.1, 0.15) is 5.56 Å². The van der Waals surface area contributed by atoms with E-state index in [1.165, 1.54) is 0 Å². The summed E-state index contributed by atoms with van der Waals surface area (Å²) in [5.74, 6) is 0. The SMILES string of the molecule is OCc1cccc(Cl)c1-c1cc(Cl)cc(Cl)c1. The van der Waals surface area contributed by atoms with Crippen molar-refractivity contribution in [3.63, 3.8) is 0 Å². The maximum Gasteiger partial charge on any atom is 0.0688 e. The molecule has 2 aromatic rings. The predicted octanol–water partition coefficient (Wildman–Crippen LogP) is 4.81. The van der Waals surface area contributed by atoms with Gasteiger partial charge in [-0.15, -0.1) is 0 Å². The third-order valence-electron chi connectivity index (χ3n) is 2.42. The molecule has 1 N–H and O–H groups in total. The summed E-state index contributed by atoms with van der Waals surface area (Å²) in [5, 5.41) is 11.0. The highest BCUT2D eigenvalue weighted by molar-refractivity contribution is 6.36. The van der Waals surface area contributed by atoms with Crippen LogP contribution in [0.25, 0.3) is 11.1 Å². The molecular formula is C13H9Cl3O. The fourth-order valence-corrected chi connectivity index (χ4v) is 2.55. The van der Waals surface area contributed by atoms with Crippen molar-refractivity contribution in [1.82, 2.24) is 0 Å². The van der Waals surface area contributed by atoms with Gasteiger partial charge in [0.15, 0.2) is 0 Å². The summed E-state index contributed by atoms with van der Waals surface area (Å²) < 4.78 is 0. The molecule has 17 heavy (non-hydrogen) atoms. The number of halogens is 3. The van der Waals surface area contributed by atoms with E-state index in [2.05, 4.69) is 0 Å². The van der Waals surface area contributed by atoms with Gasteiger partial charge in [0.1, 0.15) is 0 Å². The summed E-state index contributed by atoms with van der Waals surface area (Å²) in [6.45, 7) is -0.0833. The van der Waals surface area contributed by atoms with Gasteiger partial charge in [0, 0.05) is 20.6 Å². The van der Waals surface area contributed by atoms with E-state index in [0.717, 1.165) is 16.7 Å². The molecule has 0 saturated carbocycles. The Morgan fingerprint density at radius 2 is 1.59 bits per heavy atom. The van der Waals surface area contributed by atoms with E-state index >= 15 is 0 Å². The van der Waals surface area contributed by atoms with Gasteiger partial charge in [-0.3, -0.25) is 0 Å². The first-order chi connectivity index (χ1) is 8.11. The zero-order chi connectivity index (χ0) is 12.4. The van der Waals surface area contributed by atoms with Gasteiger partial charge in [-0.1, -0.05) is 46.9 Å². The maximum atomic E-state index is 9.32. The van der Waals surface area contributed by atoms with Crippen molar-refractivity contribution in [2.45, 2.75) is 6.61 Å². The fourth-order valence-electron chi connectivity index (χ4n) is 1.72. The molecule has 0 radical (unpaired) electrons. The zero-order valence-corrected chi connectivity index (χ0v) is 11.0. The summed E-state index contributed by atoms with van der Waals surface area (Å²) in [6.07, 6.45) is 0. The maximum absolute atomic E-state index is 9.32. The zero-order valence-electron chi connectivity index (χ0n) is 8.75. The lowest BCUT2D eigenvalue weighted by Gasteiger charge is -2.10. The summed E-state index contributed by atoms with van der Waals surface area (Å²) >= 11 is 18.1. The minimum Gasteiger partial charge on any atom is -0.392 e. The van der Waals surface area contributed by atoms with Crippen molar-refractivity contribution in [2.75, 3.05) is 0 Å². The molecule has 0 atom stereocenters. The van der Waals surface area contributed by atoms with Gasteiger partial charge >= 0.3 is 0 Å².